The Kier molecular flexibility index (Phi) is 2.52. The van der Waals surface area contributed by atoms with Gasteiger partial charge in [-0.05, 0) is 19.1 Å². The van der Waals surface area contributed by atoms with Crippen molar-refractivity contribution in [3.63, 3.8) is 0 Å². The molecular weight excluding hydrogens is 249 g/mol. The quantitative estimate of drug-likeness (QED) is 0.711. The van der Waals surface area contributed by atoms with Gasteiger partial charge in [-0.15, -0.1) is 10.2 Å². The van der Waals surface area contributed by atoms with E-state index in [-0.39, 0.29) is 11.6 Å². The van der Waals surface area contributed by atoms with E-state index in [2.05, 4.69) is 15.2 Å². The molecule has 96 valence electrons. The van der Waals surface area contributed by atoms with E-state index in [4.69, 9.17) is 10.5 Å². The van der Waals surface area contributed by atoms with Crippen LogP contribution < -0.4 is 10.5 Å². The maximum atomic E-state index is 13.3. The van der Waals surface area contributed by atoms with Gasteiger partial charge in [0.1, 0.15) is 17.4 Å². The number of ether oxygens (including phenoxy) is 1. The van der Waals surface area contributed by atoms with Crippen LogP contribution in [0.1, 0.15) is 5.82 Å². The lowest BCUT2D eigenvalue weighted by Crippen LogP contribution is -1.96. The fourth-order valence-corrected chi connectivity index (χ4v) is 1.67. The first-order chi connectivity index (χ1) is 9.15. The molecule has 2 heterocycles. The minimum absolute atomic E-state index is 0.0665. The molecule has 0 aliphatic rings. The average molecular weight is 259 g/mol. The molecule has 7 heteroatoms. The third-order valence-electron chi connectivity index (χ3n) is 2.65. The fourth-order valence-electron chi connectivity index (χ4n) is 1.67. The number of rotatable bonds is 2. The van der Waals surface area contributed by atoms with Crippen molar-refractivity contribution in [3.8, 4) is 11.6 Å². The summed E-state index contributed by atoms with van der Waals surface area (Å²) in [4.78, 5) is 4.07. The maximum Gasteiger partial charge on any atom is 0.265 e. The third kappa shape index (κ3) is 1.95. The lowest BCUT2D eigenvalue weighted by Gasteiger charge is -2.06. The van der Waals surface area contributed by atoms with E-state index in [1.165, 1.54) is 12.1 Å². The highest BCUT2D eigenvalue weighted by Gasteiger charge is 2.10. The Morgan fingerprint density at radius 2 is 2.16 bits per heavy atom. The van der Waals surface area contributed by atoms with E-state index < -0.39 is 5.82 Å². The van der Waals surface area contributed by atoms with Crippen molar-refractivity contribution >= 4 is 11.3 Å². The van der Waals surface area contributed by atoms with Crippen molar-refractivity contribution < 1.29 is 9.13 Å². The summed E-state index contributed by atoms with van der Waals surface area (Å²) in [6.07, 6.45) is 3.29. The molecule has 0 aliphatic heterocycles. The molecule has 0 aliphatic carbocycles. The number of fused-ring (bicyclic) bond motifs is 1. The van der Waals surface area contributed by atoms with Crippen LogP contribution in [0.15, 0.2) is 30.6 Å². The van der Waals surface area contributed by atoms with Crippen LogP contribution in [0.2, 0.25) is 0 Å². The molecule has 6 nitrogen and oxygen atoms in total. The number of hydrogen-bond acceptors (Lipinski definition) is 5. The first kappa shape index (κ1) is 11.4. The number of aryl methyl sites for hydroxylation is 1. The van der Waals surface area contributed by atoms with E-state index in [1.54, 1.807) is 22.9 Å². The van der Waals surface area contributed by atoms with Gasteiger partial charge in [-0.3, -0.25) is 4.40 Å². The number of anilines is 1. The highest BCUT2D eigenvalue weighted by molar-refractivity contribution is 5.51. The summed E-state index contributed by atoms with van der Waals surface area (Å²) in [5.74, 6) is 0.730. The second kappa shape index (κ2) is 4.20. The molecule has 3 rings (SSSR count). The lowest BCUT2D eigenvalue weighted by molar-refractivity contribution is 0.460. The molecule has 0 saturated carbocycles. The Balaban J connectivity index is 2.03. The summed E-state index contributed by atoms with van der Waals surface area (Å²) in [5, 5.41) is 7.89. The van der Waals surface area contributed by atoms with Gasteiger partial charge >= 0.3 is 0 Å². The smallest absolute Gasteiger partial charge is 0.265 e. The zero-order valence-corrected chi connectivity index (χ0v) is 10.0. The molecule has 2 aromatic heterocycles. The first-order valence-corrected chi connectivity index (χ1v) is 5.54. The van der Waals surface area contributed by atoms with Crippen molar-refractivity contribution in [2.45, 2.75) is 6.92 Å². The van der Waals surface area contributed by atoms with Crippen LogP contribution >= 0.6 is 0 Å². The number of halogens is 1. The van der Waals surface area contributed by atoms with Crippen LogP contribution in [0, 0.1) is 12.7 Å². The van der Waals surface area contributed by atoms with Gasteiger partial charge < -0.3 is 10.5 Å². The van der Waals surface area contributed by atoms with Crippen LogP contribution in [0.4, 0.5) is 10.1 Å². The first-order valence-electron chi connectivity index (χ1n) is 5.54. The molecule has 0 spiro atoms. The summed E-state index contributed by atoms with van der Waals surface area (Å²) in [7, 11) is 0. The van der Waals surface area contributed by atoms with Gasteiger partial charge in [-0.1, -0.05) is 0 Å². The number of benzene rings is 1. The Morgan fingerprint density at radius 1 is 1.32 bits per heavy atom. The third-order valence-corrected chi connectivity index (χ3v) is 2.65. The molecular formula is C12H10FN5O. The van der Waals surface area contributed by atoms with E-state index in [9.17, 15) is 4.39 Å². The Bertz CT molecular complexity index is 755. The van der Waals surface area contributed by atoms with Gasteiger partial charge in [-0.2, -0.15) is 0 Å². The molecule has 0 radical (unpaired) electrons. The van der Waals surface area contributed by atoms with Gasteiger partial charge in [0.05, 0.1) is 5.69 Å². The van der Waals surface area contributed by atoms with Crippen LogP contribution in [-0.4, -0.2) is 19.6 Å². The molecule has 0 atom stereocenters. The van der Waals surface area contributed by atoms with Gasteiger partial charge in [0.15, 0.2) is 0 Å². The second-order valence-electron chi connectivity index (χ2n) is 3.96. The topological polar surface area (TPSA) is 78.3 Å². The summed E-state index contributed by atoms with van der Waals surface area (Å²) in [5.41, 5.74) is 5.94. The largest absolute Gasteiger partial charge is 0.436 e. The standard InChI is InChI=1S/C12H10FN5O/c1-7-16-17-11-12(15-4-5-18(7)11)19-8-2-3-10(14)9(13)6-8/h2-6H,14H2,1H3. The molecule has 0 fully saturated rings. The highest BCUT2D eigenvalue weighted by Crippen LogP contribution is 2.25. The van der Waals surface area contributed by atoms with Crippen LogP contribution in [0.3, 0.4) is 0 Å². The molecule has 0 bridgehead atoms. The lowest BCUT2D eigenvalue weighted by atomic mass is 10.3. The molecule has 3 aromatic rings. The Labute approximate surface area is 107 Å². The van der Waals surface area contributed by atoms with Crippen LogP contribution in [0.25, 0.3) is 5.65 Å². The minimum atomic E-state index is -0.540. The minimum Gasteiger partial charge on any atom is -0.436 e. The summed E-state index contributed by atoms with van der Waals surface area (Å²) < 4.78 is 20.6. The average Bonchev–Trinajstić information content (AvgIpc) is 2.77. The monoisotopic (exact) mass is 259 g/mol. The van der Waals surface area contributed by atoms with Crippen molar-refractivity contribution in [2.24, 2.45) is 0 Å². The number of nitrogens with zero attached hydrogens (tertiary/aromatic N) is 4. The summed E-state index contributed by atoms with van der Waals surface area (Å²) in [6, 6.07) is 4.19. The fraction of sp³-hybridized carbons (Fsp3) is 0.0833. The molecule has 0 amide bonds. The van der Waals surface area contributed by atoms with Gasteiger partial charge in [-0.25, -0.2) is 9.37 Å². The van der Waals surface area contributed by atoms with E-state index in [0.717, 1.165) is 0 Å². The number of nitrogen functional groups attached to an aromatic ring is 1. The number of hydrogen-bond donors (Lipinski definition) is 1. The van der Waals surface area contributed by atoms with Crippen LogP contribution in [-0.2, 0) is 0 Å². The van der Waals surface area contributed by atoms with Gasteiger partial charge in [0.25, 0.3) is 5.88 Å². The van der Waals surface area contributed by atoms with Crippen molar-refractivity contribution in [1.82, 2.24) is 19.6 Å². The highest BCUT2D eigenvalue weighted by atomic mass is 19.1. The molecule has 0 saturated heterocycles. The van der Waals surface area contributed by atoms with E-state index in [0.29, 0.717) is 17.2 Å². The van der Waals surface area contributed by atoms with Crippen molar-refractivity contribution in [1.29, 1.82) is 0 Å². The Hall–Kier alpha value is -2.70. The number of nitrogens with two attached hydrogens (primary N) is 1. The van der Waals surface area contributed by atoms with E-state index in [1.807, 2.05) is 6.92 Å². The zero-order valence-electron chi connectivity index (χ0n) is 10.0. The van der Waals surface area contributed by atoms with Gasteiger partial charge in [0, 0.05) is 18.5 Å². The predicted octanol–water partition coefficient (Wildman–Crippen LogP) is 1.95. The number of aromatic nitrogens is 4. The van der Waals surface area contributed by atoms with Crippen molar-refractivity contribution in [3.05, 3.63) is 42.2 Å². The van der Waals surface area contributed by atoms with Crippen molar-refractivity contribution in [2.75, 3.05) is 5.73 Å². The molecule has 2 N–H and O–H groups in total. The van der Waals surface area contributed by atoms with E-state index >= 15 is 0 Å². The SMILES string of the molecule is Cc1nnc2c(Oc3ccc(N)c(F)c3)nccn12. The van der Waals surface area contributed by atoms with Crippen LogP contribution in [0.5, 0.6) is 11.6 Å². The Morgan fingerprint density at radius 3 is 2.95 bits per heavy atom. The summed E-state index contributed by atoms with van der Waals surface area (Å²) >= 11 is 0. The molecule has 0 unspecified atom stereocenters. The normalized spacial score (nSPS) is 10.8. The molecule has 1 aromatic carbocycles. The molecule has 19 heavy (non-hydrogen) atoms. The summed E-state index contributed by atoms with van der Waals surface area (Å²) in [6.45, 7) is 1.81. The van der Waals surface area contributed by atoms with Gasteiger partial charge in [0.2, 0.25) is 5.65 Å². The maximum absolute atomic E-state index is 13.3. The predicted molar refractivity (Wildman–Crippen MR) is 66.4 cm³/mol. The zero-order chi connectivity index (χ0) is 13.4. The second-order valence-corrected chi connectivity index (χ2v) is 3.96.